The lowest BCUT2D eigenvalue weighted by Crippen LogP contribution is -2.57. The van der Waals surface area contributed by atoms with Gasteiger partial charge in [-0.05, 0) is 30.4 Å². The molecule has 3 atom stereocenters. The smallest absolute Gasteiger partial charge is 0.322 e. The van der Waals surface area contributed by atoms with E-state index in [1.807, 2.05) is 36.6 Å². The van der Waals surface area contributed by atoms with Crippen LogP contribution in [0, 0.1) is 0 Å². The van der Waals surface area contributed by atoms with E-state index in [9.17, 15) is 19.2 Å². The van der Waals surface area contributed by atoms with Gasteiger partial charge in [-0.1, -0.05) is 30.3 Å². The monoisotopic (exact) mass is 490 g/mol. The number of rotatable bonds is 14. The summed E-state index contributed by atoms with van der Waals surface area (Å²) in [5.74, 6) is -2.34. The van der Waals surface area contributed by atoms with Crippen molar-refractivity contribution in [3.63, 3.8) is 0 Å². The van der Waals surface area contributed by atoms with E-state index < -0.39 is 48.4 Å². The minimum atomic E-state index is -1.21. The quantitative estimate of drug-likeness (QED) is 0.204. The third-order valence-electron chi connectivity index (χ3n) is 4.90. The fourth-order valence-corrected chi connectivity index (χ4v) is 3.60. The predicted octanol–water partition coefficient (Wildman–Crippen LogP) is -0.554. The molecule has 12 heteroatoms. The lowest BCUT2D eigenvalue weighted by Gasteiger charge is -2.24. The minimum Gasteiger partial charge on any atom is -0.480 e. The SMILES string of the molecule is CSCCC(NC(=O)C(N)Cc1ccccc1)C(=O)NC(Cc1cnc[nH]1)C(=O)NCC(=O)O. The minimum absolute atomic E-state index is 0.0634. The molecule has 0 saturated heterocycles. The van der Waals surface area contributed by atoms with Crippen molar-refractivity contribution in [3.05, 3.63) is 54.1 Å². The number of hydrogen-bond donors (Lipinski definition) is 6. The lowest BCUT2D eigenvalue weighted by molar-refractivity contribution is -0.138. The van der Waals surface area contributed by atoms with Crippen LogP contribution >= 0.6 is 11.8 Å². The van der Waals surface area contributed by atoms with Crippen LogP contribution < -0.4 is 21.7 Å². The molecule has 0 fully saturated rings. The van der Waals surface area contributed by atoms with Crippen LogP contribution in [0.5, 0.6) is 0 Å². The third-order valence-corrected chi connectivity index (χ3v) is 5.55. The zero-order valence-electron chi connectivity index (χ0n) is 18.8. The molecular formula is C22H30N6O5S. The Labute approximate surface area is 201 Å². The number of carbonyl (C=O) groups is 4. The molecule has 0 aliphatic heterocycles. The van der Waals surface area contributed by atoms with Crippen molar-refractivity contribution in [2.24, 2.45) is 5.73 Å². The number of aliphatic carboxylic acids is 1. The Kier molecular flexibility index (Phi) is 11.1. The van der Waals surface area contributed by atoms with Crippen LogP contribution in [-0.4, -0.2) is 75.4 Å². The zero-order chi connectivity index (χ0) is 24.9. The van der Waals surface area contributed by atoms with E-state index in [2.05, 4.69) is 25.9 Å². The fraction of sp³-hybridized carbons (Fsp3) is 0.409. The van der Waals surface area contributed by atoms with Crippen LogP contribution in [0.3, 0.4) is 0 Å². The van der Waals surface area contributed by atoms with Gasteiger partial charge in [0.15, 0.2) is 0 Å². The van der Waals surface area contributed by atoms with Gasteiger partial charge in [0.25, 0.3) is 0 Å². The Morgan fingerprint density at radius 2 is 1.76 bits per heavy atom. The Bertz CT molecular complexity index is 941. The van der Waals surface area contributed by atoms with Crippen LogP contribution in [0.25, 0.3) is 0 Å². The van der Waals surface area contributed by atoms with Gasteiger partial charge in [-0.2, -0.15) is 11.8 Å². The molecule has 3 amide bonds. The van der Waals surface area contributed by atoms with Gasteiger partial charge in [-0.25, -0.2) is 4.98 Å². The molecular weight excluding hydrogens is 460 g/mol. The number of carboxylic acid groups (broad SMARTS) is 1. The normalized spacial score (nSPS) is 13.4. The van der Waals surface area contributed by atoms with Crippen molar-refractivity contribution in [1.29, 1.82) is 0 Å². The van der Waals surface area contributed by atoms with Gasteiger partial charge in [-0.15, -0.1) is 0 Å². The first-order chi connectivity index (χ1) is 16.3. The summed E-state index contributed by atoms with van der Waals surface area (Å²) in [6, 6.07) is 6.45. The highest BCUT2D eigenvalue weighted by atomic mass is 32.2. The van der Waals surface area contributed by atoms with Gasteiger partial charge in [0.05, 0.1) is 12.4 Å². The molecule has 0 radical (unpaired) electrons. The highest BCUT2D eigenvalue weighted by Gasteiger charge is 2.28. The van der Waals surface area contributed by atoms with Gasteiger partial charge in [-0.3, -0.25) is 19.2 Å². The van der Waals surface area contributed by atoms with Crippen molar-refractivity contribution >= 4 is 35.5 Å². The number of nitrogens with zero attached hydrogens (tertiary/aromatic N) is 1. The molecule has 184 valence electrons. The number of thioether (sulfide) groups is 1. The van der Waals surface area contributed by atoms with Crippen LogP contribution in [0.15, 0.2) is 42.9 Å². The Morgan fingerprint density at radius 1 is 1.06 bits per heavy atom. The molecule has 1 aromatic carbocycles. The molecule has 2 aromatic rings. The Morgan fingerprint density at radius 3 is 2.38 bits per heavy atom. The van der Waals surface area contributed by atoms with Crippen LogP contribution in [-0.2, 0) is 32.0 Å². The van der Waals surface area contributed by atoms with Crippen molar-refractivity contribution in [3.8, 4) is 0 Å². The molecule has 1 aromatic heterocycles. The Hall–Kier alpha value is -3.38. The van der Waals surface area contributed by atoms with Crippen molar-refractivity contribution in [2.75, 3.05) is 18.6 Å². The summed E-state index contributed by atoms with van der Waals surface area (Å²) in [5, 5.41) is 16.4. The van der Waals surface area contributed by atoms with Gasteiger partial charge in [0.2, 0.25) is 17.7 Å². The summed E-state index contributed by atoms with van der Waals surface area (Å²) in [7, 11) is 0. The maximum atomic E-state index is 13.0. The summed E-state index contributed by atoms with van der Waals surface area (Å²) >= 11 is 1.51. The summed E-state index contributed by atoms with van der Waals surface area (Å²) in [5.41, 5.74) is 7.52. The first-order valence-electron chi connectivity index (χ1n) is 10.7. The van der Waals surface area contributed by atoms with Gasteiger partial charge in [0.1, 0.15) is 18.6 Å². The molecule has 11 nitrogen and oxygen atoms in total. The molecule has 0 aliphatic rings. The van der Waals surface area contributed by atoms with E-state index >= 15 is 0 Å². The van der Waals surface area contributed by atoms with E-state index in [1.54, 1.807) is 0 Å². The Balaban J connectivity index is 2.07. The largest absolute Gasteiger partial charge is 0.480 e. The molecule has 0 bridgehead atoms. The second-order valence-electron chi connectivity index (χ2n) is 7.59. The van der Waals surface area contributed by atoms with E-state index in [1.165, 1.54) is 24.3 Å². The van der Waals surface area contributed by atoms with E-state index in [4.69, 9.17) is 10.8 Å². The number of nitrogens with one attached hydrogen (secondary N) is 4. The highest BCUT2D eigenvalue weighted by Crippen LogP contribution is 2.06. The standard InChI is InChI=1S/C22H30N6O5S/c1-34-8-7-17(27-20(31)16(23)9-14-5-3-2-4-6-14)22(33)28-18(10-15-11-24-13-26-15)21(32)25-12-19(29)30/h2-6,11,13,16-18H,7-10,12,23H2,1H3,(H,24,26)(H,25,32)(H,27,31)(H,28,33)(H,29,30). The number of amides is 3. The molecule has 3 unspecified atom stereocenters. The number of benzene rings is 1. The molecule has 1 heterocycles. The fourth-order valence-electron chi connectivity index (χ4n) is 3.13. The molecule has 2 rings (SSSR count). The average molecular weight is 491 g/mol. The topological polar surface area (TPSA) is 179 Å². The first kappa shape index (κ1) is 26.9. The van der Waals surface area contributed by atoms with Gasteiger partial charge >= 0.3 is 5.97 Å². The molecule has 0 spiro atoms. The summed E-state index contributed by atoms with van der Waals surface area (Å²) in [4.78, 5) is 55.9. The maximum absolute atomic E-state index is 13.0. The second-order valence-corrected chi connectivity index (χ2v) is 8.58. The number of aromatic amines is 1. The first-order valence-corrected chi connectivity index (χ1v) is 12.1. The number of carbonyl (C=O) groups excluding carboxylic acids is 3. The molecule has 34 heavy (non-hydrogen) atoms. The number of aromatic nitrogens is 2. The number of H-pyrrole nitrogens is 1. The summed E-state index contributed by atoms with van der Waals surface area (Å²) in [6.07, 6.45) is 5.50. The van der Waals surface area contributed by atoms with Crippen LogP contribution in [0.4, 0.5) is 0 Å². The van der Waals surface area contributed by atoms with Gasteiger partial charge < -0.3 is 31.8 Å². The number of carboxylic acids is 1. The lowest BCUT2D eigenvalue weighted by atomic mass is 10.0. The van der Waals surface area contributed by atoms with Crippen LogP contribution in [0.2, 0.25) is 0 Å². The number of imidazole rings is 1. The highest BCUT2D eigenvalue weighted by molar-refractivity contribution is 7.98. The second kappa shape index (κ2) is 14.0. The number of hydrogen-bond acceptors (Lipinski definition) is 7. The van der Waals surface area contributed by atoms with Crippen molar-refractivity contribution in [2.45, 2.75) is 37.4 Å². The molecule has 0 aliphatic carbocycles. The van der Waals surface area contributed by atoms with Crippen molar-refractivity contribution < 1.29 is 24.3 Å². The van der Waals surface area contributed by atoms with Crippen molar-refractivity contribution in [1.82, 2.24) is 25.9 Å². The number of nitrogens with two attached hydrogens (primary N) is 1. The van der Waals surface area contributed by atoms with Crippen LogP contribution in [0.1, 0.15) is 17.7 Å². The summed E-state index contributed by atoms with van der Waals surface area (Å²) < 4.78 is 0. The van der Waals surface area contributed by atoms with E-state index in [-0.39, 0.29) is 6.42 Å². The van der Waals surface area contributed by atoms with Gasteiger partial charge in [0, 0.05) is 18.3 Å². The third kappa shape index (κ3) is 9.24. The molecule has 7 N–H and O–H groups in total. The zero-order valence-corrected chi connectivity index (χ0v) is 19.6. The average Bonchev–Trinajstić information content (AvgIpc) is 3.33. The summed E-state index contributed by atoms with van der Waals surface area (Å²) in [6.45, 7) is -0.588. The molecule has 0 saturated carbocycles. The predicted molar refractivity (Wildman–Crippen MR) is 128 cm³/mol. The maximum Gasteiger partial charge on any atom is 0.322 e. The van der Waals surface area contributed by atoms with E-state index in [0.29, 0.717) is 24.3 Å². The van der Waals surface area contributed by atoms with E-state index in [0.717, 1.165) is 5.56 Å².